The number of hydrogen-bond donors (Lipinski definition) is 1. The lowest BCUT2D eigenvalue weighted by atomic mass is 9.69. The van der Waals surface area contributed by atoms with Crippen LogP contribution in [0, 0.1) is 23.7 Å². The van der Waals surface area contributed by atoms with E-state index in [1.54, 1.807) is 0 Å². The molecule has 2 aliphatic rings. The summed E-state index contributed by atoms with van der Waals surface area (Å²) in [6.07, 6.45) is 17.0. The van der Waals surface area contributed by atoms with Crippen LogP contribution in [-0.4, -0.2) is 11.7 Å². The topological polar surface area (TPSA) is 20.2 Å². The van der Waals surface area contributed by atoms with Crippen LogP contribution >= 0.6 is 0 Å². The number of rotatable bonds is 4. The van der Waals surface area contributed by atoms with Crippen molar-refractivity contribution in [3.8, 4) is 0 Å². The van der Waals surface area contributed by atoms with E-state index in [0.29, 0.717) is 12.5 Å². The third-order valence-corrected chi connectivity index (χ3v) is 5.28. The molecule has 104 valence electrons. The highest BCUT2D eigenvalue weighted by Crippen LogP contribution is 2.41. The largest absolute Gasteiger partial charge is 0.396 e. The molecule has 2 aliphatic carbocycles. The molecule has 0 aliphatic heterocycles. The summed E-state index contributed by atoms with van der Waals surface area (Å²) in [5.41, 5.74) is 0. The van der Waals surface area contributed by atoms with E-state index in [9.17, 15) is 5.11 Å². The van der Waals surface area contributed by atoms with Crippen molar-refractivity contribution in [1.29, 1.82) is 0 Å². The second kappa shape index (κ2) is 7.33. The second-order valence-corrected chi connectivity index (χ2v) is 6.47. The van der Waals surface area contributed by atoms with Gasteiger partial charge >= 0.3 is 0 Å². The monoisotopic (exact) mass is 250 g/mol. The Morgan fingerprint density at radius 1 is 0.889 bits per heavy atom. The predicted molar refractivity (Wildman–Crippen MR) is 77.4 cm³/mol. The summed E-state index contributed by atoms with van der Waals surface area (Å²) >= 11 is 0. The van der Waals surface area contributed by atoms with Crippen LogP contribution in [0.2, 0.25) is 0 Å². The van der Waals surface area contributed by atoms with E-state index >= 15 is 0 Å². The van der Waals surface area contributed by atoms with Gasteiger partial charge in [0.2, 0.25) is 0 Å². The molecule has 0 bridgehead atoms. The highest BCUT2D eigenvalue weighted by atomic mass is 16.3. The smallest absolute Gasteiger partial charge is 0.0459 e. The fourth-order valence-electron chi connectivity index (χ4n) is 3.98. The van der Waals surface area contributed by atoms with E-state index in [-0.39, 0.29) is 0 Å². The number of hydrogen-bond acceptors (Lipinski definition) is 1. The molecule has 2 fully saturated rings. The van der Waals surface area contributed by atoms with Crippen molar-refractivity contribution in [3.05, 3.63) is 12.2 Å². The standard InChI is InChI=1S/C17H30O/c1-2-3-4-14-5-9-16(10-6-14)17-11-7-15(13-18)8-12-17/h3-4,14-18H,2,5-13H2,1H3/b4-3+/t14-,15?,16-,17?. The molecule has 2 rings (SSSR count). The zero-order valence-electron chi connectivity index (χ0n) is 12.0. The van der Waals surface area contributed by atoms with Gasteiger partial charge in [-0.05, 0) is 81.5 Å². The van der Waals surface area contributed by atoms with E-state index in [1.165, 1.54) is 57.8 Å². The maximum atomic E-state index is 9.20. The van der Waals surface area contributed by atoms with Crippen LogP contribution < -0.4 is 0 Å². The van der Waals surface area contributed by atoms with E-state index in [1.807, 2.05) is 0 Å². The normalized spacial score (nSPS) is 38.1. The SMILES string of the molecule is CC/C=C/[C@H]1CC[C@H](C2CCC(CO)CC2)CC1. The Balaban J connectivity index is 1.71. The third-order valence-electron chi connectivity index (χ3n) is 5.28. The van der Waals surface area contributed by atoms with Gasteiger partial charge in [-0.3, -0.25) is 0 Å². The molecule has 1 heteroatoms. The van der Waals surface area contributed by atoms with Crippen molar-refractivity contribution in [2.45, 2.75) is 64.7 Å². The van der Waals surface area contributed by atoms with E-state index in [4.69, 9.17) is 0 Å². The quantitative estimate of drug-likeness (QED) is 0.725. The van der Waals surface area contributed by atoms with Crippen LogP contribution in [0.25, 0.3) is 0 Å². The van der Waals surface area contributed by atoms with Crippen molar-refractivity contribution < 1.29 is 5.11 Å². The third kappa shape index (κ3) is 3.85. The molecule has 0 heterocycles. The summed E-state index contributed by atoms with van der Waals surface area (Å²) < 4.78 is 0. The van der Waals surface area contributed by atoms with Crippen LogP contribution in [0.1, 0.15) is 64.7 Å². The van der Waals surface area contributed by atoms with E-state index in [0.717, 1.165) is 17.8 Å². The predicted octanol–water partition coefficient (Wildman–Crippen LogP) is 4.56. The van der Waals surface area contributed by atoms with Gasteiger partial charge in [0.15, 0.2) is 0 Å². The summed E-state index contributed by atoms with van der Waals surface area (Å²) in [7, 11) is 0. The zero-order chi connectivity index (χ0) is 12.8. The lowest BCUT2D eigenvalue weighted by Gasteiger charge is -2.37. The minimum atomic E-state index is 0.418. The molecule has 0 amide bonds. The molecule has 18 heavy (non-hydrogen) atoms. The molecule has 0 aromatic heterocycles. The minimum absolute atomic E-state index is 0.418. The van der Waals surface area contributed by atoms with Gasteiger partial charge in [-0.2, -0.15) is 0 Å². The molecule has 2 saturated carbocycles. The Morgan fingerprint density at radius 2 is 1.44 bits per heavy atom. The number of aliphatic hydroxyl groups is 1. The van der Waals surface area contributed by atoms with Gasteiger partial charge in [-0.1, -0.05) is 19.1 Å². The fraction of sp³-hybridized carbons (Fsp3) is 0.882. The Hall–Kier alpha value is -0.300. The molecule has 0 aromatic carbocycles. The lowest BCUT2D eigenvalue weighted by Crippen LogP contribution is -2.26. The van der Waals surface area contributed by atoms with Gasteiger partial charge in [0.25, 0.3) is 0 Å². The van der Waals surface area contributed by atoms with Crippen molar-refractivity contribution in [1.82, 2.24) is 0 Å². The Morgan fingerprint density at radius 3 is 1.94 bits per heavy atom. The summed E-state index contributed by atoms with van der Waals surface area (Å²) in [5.74, 6) is 3.46. The van der Waals surface area contributed by atoms with Crippen LogP contribution in [0.15, 0.2) is 12.2 Å². The maximum Gasteiger partial charge on any atom is 0.0459 e. The molecule has 1 nitrogen and oxygen atoms in total. The maximum absolute atomic E-state index is 9.20. The molecule has 0 atom stereocenters. The zero-order valence-corrected chi connectivity index (χ0v) is 12.0. The second-order valence-electron chi connectivity index (χ2n) is 6.47. The van der Waals surface area contributed by atoms with Gasteiger partial charge < -0.3 is 5.11 Å². The highest BCUT2D eigenvalue weighted by Gasteiger charge is 2.29. The average molecular weight is 250 g/mol. The average Bonchev–Trinajstić information content (AvgIpc) is 2.46. The summed E-state index contributed by atoms with van der Waals surface area (Å²) in [5, 5.41) is 9.20. The molecule has 0 spiro atoms. The van der Waals surface area contributed by atoms with Crippen LogP contribution in [-0.2, 0) is 0 Å². The van der Waals surface area contributed by atoms with Crippen LogP contribution in [0.3, 0.4) is 0 Å². The Bertz CT molecular complexity index is 242. The van der Waals surface area contributed by atoms with Crippen LogP contribution in [0.5, 0.6) is 0 Å². The fourth-order valence-corrected chi connectivity index (χ4v) is 3.98. The van der Waals surface area contributed by atoms with Crippen molar-refractivity contribution in [2.75, 3.05) is 6.61 Å². The molecule has 0 saturated heterocycles. The van der Waals surface area contributed by atoms with Crippen molar-refractivity contribution in [2.24, 2.45) is 23.7 Å². The summed E-state index contributed by atoms with van der Waals surface area (Å²) in [6.45, 7) is 2.64. The van der Waals surface area contributed by atoms with Crippen molar-refractivity contribution in [3.63, 3.8) is 0 Å². The molecule has 0 radical (unpaired) electrons. The van der Waals surface area contributed by atoms with Crippen LogP contribution in [0.4, 0.5) is 0 Å². The summed E-state index contributed by atoms with van der Waals surface area (Å²) in [4.78, 5) is 0. The van der Waals surface area contributed by atoms with Gasteiger partial charge in [-0.15, -0.1) is 0 Å². The van der Waals surface area contributed by atoms with E-state index in [2.05, 4.69) is 19.1 Å². The highest BCUT2D eigenvalue weighted by molar-refractivity contribution is 4.91. The first kappa shape index (κ1) is 14.1. The summed E-state index contributed by atoms with van der Waals surface area (Å²) in [6, 6.07) is 0. The number of allylic oxidation sites excluding steroid dienone is 2. The number of aliphatic hydroxyl groups excluding tert-OH is 1. The van der Waals surface area contributed by atoms with Gasteiger partial charge in [0, 0.05) is 6.61 Å². The molecule has 0 aromatic rings. The van der Waals surface area contributed by atoms with Gasteiger partial charge in [0.05, 0.1) is 0 Å². The Labute approximate surface area is 113 Å². The first-order valence-electron chi connectivity index (χ1n) is 8.11. The minimum Gasteiger partial charge on any atom is -0.396 e. The molecule has 1 N–H and O–H groups in total. The lowest BCUT2D eigenvalue weighted by molar-refractivity contribution is 0.122. The van der Waals surface area contributed by atoms with Crippen molar-refractivity contribution >= 4 is 0 Å². The van der Waals surface area contributed by atoms with Gasteiger partial charge in [-0.25, -0.2) is 0 Å². The molecular weight excluding hydrogens is 220 g/mol. The van der Waals surface area contributed by atoms with Gasteiger partial charge in [0.1, 0.15) is 0 Å². The Kier molecular flexibility index (Phi) is 5.75. The molecular formula is C17H30O. The first-order valence-corrected chi connectivity index (χ1v) is 8.11. The van der Waals surface area contributed by atoms with E-state index < -0.39 is 0 Å². The molecule has 0 unspecified atom stereocenters. The first-order chi connectivity index (χ1) is 8.83.